The molecule has 3 heteroatoms. The second-order valence-corrected chi connectivity index (χ2v) is 6.54. The van der Waals surface area contributed by atoms with Crippen LogP contribution in [0.2, 0.25) is 0 Å². The Morgan fingerprint density at radius 2 is 1.89 bits per heavy atom. The van der Waals surface area contributed by atoms with Gasteiger partial charge in [-0.1, -0.05) is 45.3 Å². The zero-order valence-corrected chi connectivity index (χ0v) is 12.6. The third-order valence-corrected chi connectivity index (χ3v) is 3.11. The van der Waals surface area contributed by atoms with Crippen molar-refractivity contribution in [1.29, 1.82) is 0 Å². The number of carbonyl (C=O) groups excluding carboxylic acids is 1. The van der Waals surface area contributed by atoms with Crippen LogP contribution in [0.15, 0.2) is 12.1 Å². The maximum Gasteiger partial charge on any atom is 0.608 e. The molecule has 1 heterocycles. The summed E-state index contributed by atoms with van der Waals surface area (Å²) in [5.41, 5.74) is 3.03. The van der Waals surface area contributed by atoms with E-state index in [1.54, 1.807) is 4.58 Å². The highest BCUT2D eigenvalue weighted by atomic mass is 16.6. The molecule has 1 aliphatic rings. The van der Waals surface area contributed by atoms with Gasteiger partial charge in [-0.3, -0.25) is 0 Å². The first-order chi connectivity index (χ1) is 8.70. The van der Waals surface area contributed by atoms with Crippen molar-refractivity contribution in [1.82, 2.24) is 0 Å². The molecule has 0 spiro atoms. The van der Waals surface area contributed by atoms with E-state index in [0.29, 0.717) is 5.75 Å². The minimum absolute atomic E-state index is 0.0514. The van der Waals surface area contributed by atoms with Crippen LogP contribution in [-0.2, 0) is 5.41 Å². The van der Waals surface area contributed by atoms with Gasteiger partial charge in [0.15, 0.2) is 6.21 Å². The number of benzene rings is 1. The van der Waals surface area contributed by atoms with Gasteiger partial charge in [-0.05, 0) is 17.9 Å². The molecular weight excluding hydrogens is 238 g/mol. The molecule has 0 aliphatic carbocycles. The molecule has 0 atom stereocenters. The first kappa shape index (κ1) is 13.8. The van der Waals surface area contributed by atoms with Crippen molar-refractivity contribution < 1.29 is 14.1 Å². The number of rotatable bonds is 1. The number of ether oxygens (including phenoxy) is 1. The van der Waals surface area contributed by atoms with Gasteiger partial charge in [-0.15, -0.1) is 0 Å². The molecule has 1 aromatic carbocycles. The fourth-order valence-electron chi connectivity index (χ4n) is 2.27. The van der Waals surface area contributed by atoms with Crippen LogP contribution < -0.4 is 4.74 Å². The van der Waals surface area contributed by atoms with Crippen LogP contribution in [0, 0.1) is 12.8 Å². The fourth-order valence-corrected chi connectivity index (χ4v) is 2.27. The summed E-state index contributed by atoms with van der Waals surface area (Å²) in [6.45, 7) is 12.5. The van der Waals surface area contributed by atoms with Crippen LogP contribution in [0.3, 0.4) is 0 Å². The molecule has 19 heavy (non-hydrogen) atoms. The highest BCUT2D eigenvalue weighted by molar-refractivity contribution is 5.81. The molecule has 1 aromatic rings. The van der Waals surface area contributed by atoms with Gasteiger partial charge in [0.25, 0.3) is 5.69 Å². The van der Waals surface area contributed by atoms with Gasteiger partial charge < -0.3 is 4.74 Å². The van der Waals surface area contributed by atoms with E-state index in [0.717, 1.165) is 16.8 Å². The van der Waals surface area contributed by atoms with Crippen molar-refractivity contribution in [3.8, 4) is 5.75 Å². The lowest BCUT2D eigenvalue weighted by molar-refractivity contribution is -0.331. The van der Waals surface area contributed by atoms with E-state index in [4.69, 9.17) is 4.74 Å². The number of aryl methyl sites for hydroxylation is 1. The van der Waals surface area contributed by atoms with Crippen molar-refractivity contribution >= 4 is 18.0 Å². The van der Waals surface area contributed by atoms with Gasteiger partial charge in [0.05, 0.1) is 0 Å². The minimum atomic E-state index is -0.306. The molecule has 0 bridgehead atoms. The Balaban J connectivity index is 2.68. The summed E-state index contributed by atoms with van der Waals surface area (Å²) in [5.74, 6) is 0.997. The topological polar surface area (TPSA) is 29.3 Å². The van der Waals surface area contributed by atoms with Gasteiger partial charge in [0.2, 0.25) is 5.75 Å². The van der Waals surface area contributed by atoms with Gasteiger partial charge >= 0.3 is 6.09 Å². The number of fused-ring (bicyclic) bond motifs is 1. The van der Waals surface area contributed by atoms with E-state index in [2.05, 4.69) is 26.8 Å². The lowest BCUT2D eigenvalue weighted by Crippen LogP contribution is -2.16. The van der Waals surface area contributed by atoms with Crippen LogP contribution in [0.1, 0.15) is 45.7 Å². The van der Waals surface area contributed by atoms with E-state index in [1.165, 1.54) is 0 Å². The molecule has 1 amide bonds. The van der Waals surface area contributed by atoms with Gasteiger partial charge in [-0.2, -0.15) is 4.79 Å². The number of nitrogens with zero attached hydrogens (tertiary/aromatic N) is 1. The van der Waals surface area contributed by atoms with Crippen molar-refractivity contribution in [2.75, 3.05) is 0 Å². The van der Waals surface area contributed by atoms with Crippen LogP contribution in [-0.4, -0.2) is 16.9 Å². The Hall–Kier alpha value is -1.64. The molecular formula is C16H22NO2+. The smallest absolute Gasteiger partial charge is 0.365 e. The van der Waals surface area contributed by atoms with Crippen molar-refractivity contribution in [3.63, 3.8) is 0 Å². The zero-order chi connectivity index (χ0) is 14.4. The lowest BCUT2D eigenvalue weighted by atomic mass is 9.85. The molecule has 1 aliphatic heterocycles. The molecule has 3 nitrogen and oxygen atoms in total. The van der Waals surface area contributed by atoms with E-state index in [1.807, 2.05) is 33.1 Å². The standard InChI is InChI=1S/C16H22NO2/c1-10(2)9-17-13-8-11(3)7-12(16(4,5)6)14(13)19-15(17)18/h7-10H,1-6H3/q+1/b17-9+. The Kier molecular flexibility index (Phi) is 3.25. The predicted octanol–water partition coefficient (Wildman–Crippen LogP) is 4.18. The summed E-state index contributed by atoms with van der Waals surface area (Å²) in [6, 6.07) is 4.11. The zero-order valence-electron chi connectivity index (χ0n) is 12.6. The van der Waals surface area contributed by atoms with Gasteiger partial charge in [0, 0.05) is 17.5 Å². The van der Waals surface area contributed by atoms with Gasteiger partial charge in [-0.25, -0.2) is 0 Å². The van der Waals surface area contributed by atoms with Crippen LogP contribution in [0.5, 0.6) is 5.75 Å². The quantitative estimate of drug-likeness (QED) is 0.709. The van der Waals surface area contributed by atoms with E-state index >= 15 is 0 Å². The first-order valence-corrected chi connectivity index (χ1v) is 6.71. The molecule has 102 valence electrons. The second-order valence-electron chi connectivity index (χ2n) is 6.54. The third-order valence-electron chi connectivity index (χ3n) is 3.11. The molecule has 0 saturated carbocycles. The highest BCUT2D eigenvalue weighted by Gasteiger charge is 2.40. The summed E-state index contributed by atoms with van der Waals surface area (Å²) in [7, 11) is 0. The van der Waals surface area contributed by atoms with Crippen molar-refractivity contribution in [3.05, 3.63) is 23.3 Å². The summed E-state index contributed by atoms with van der Waals surface area (Å²) >= 11 is 0. The van der Waals surface area contributed by atoms with Crippen LogP contribution in [0.25, 0.3) is 0 Å². The number of amides is 1. The SMILES string of the molecule is Cc1cc2c(c(C(C)(C)C)c1)OC(=O)/[N+]2=C/C(C)C. The number of hydrogen-bond acceptors (Lipinski definition) is 2. The Morgan fingerprint density at radius 3 is 2.42 bits per heavy atom. The Labute approximate surface area is 114 Å². The molecule has 0 fully saturated rings. The molecule has 0 aromatic heterocycles. The maximum atomic E-state index is 12.0. The average Bonchev–Trinajstić information content (AvgIpc) is 2.53. The summed E-state index contributed by atoms with van der Waals surface area (Å²) in [6.07, 6.45) is 1.60. The molecule has 0 N–H and O–H groups in total. The Bertz CT molecular complexity index is 563. The second kappa shape index (κ2) is 4.48. The average molecular weight is 260 g/mol. The number of carbonyl (C=O) groups is 1. The Morgan fingerprint density at radius 1 is 1.26 bits per heavy atom. The maximum absolute atomic E-state index is 12.0. The highest BCUT2D eigenvalue weighted by Crippen LogP contribution is 2.43. The largest absolute Gasteiger partial charge is 0.608 e. The molecule has 2 rings (SSSR count). The minimum Gasteiger partial charge on any atom is -0.365 e. The van der Waals surface area contributed by atoms with E-state index in [-0.39, 0.29) is 17.4 Å². The summed E-state index contributed by atoms with van der Waals surface area (Å²) in [4.78, 5) is 12.0. The first-order valence-electron chi connectivity index (χ1n) is 6.71. The monoisotopic (exact) mass is 260 g/mol. The third kappa shape index (κ3) is 2.55. The van der Waals surface area contributed by atoms with Gasteiger partial charge in [0.1, 0.15) is 0 Å². The number of hydrogen-bond donors (Lipinski definition) is 0. The lowest BCUT2D eigenvalue weighted by Gasteiger charge is -2.20. The molecule has 0 unspecified atom stereocenters. The predicted molar refractivity (Wildman–Crippen MR) is 76.7 cm³/mol. The van der Waals surface area contributed by atoms with Crippen LogP contribution in [0.4, 0.5) is 10.5 Å². The fraction of sp³-hybridized carbons (Fsp3) is 0.500. The molecule has 0 saturated heterocycles. The summed E-state index contributed by atoms with van der Waals surface area (Å²) < 4.78 is 7.12. The summed E-state index contributed by atoms with van der Waals surface area (Å²) in [5, 5.41) is 0. The normalized spacial score (nSPS) is 17.0. The molecule has 0 radical (unpaired) electrons. The van der Waals surface area contributed by atoms with Crippen LogP contribution >= 0.6 is 0 Å². The van der Waals surface area contributed by atoms with E-state index < -0.39 is 0 Å². The van der Waals surface area contributed by atoms with Crippen molar-refractivity contribution in [2.45, 2.75) is 47.0 Å². The van der Waals surface area contributed by atoms with E-state index in [9.17, 15) is 4.79 Å². The van der Waals surface area contributed by atoms with Crippen molar-refractivity contribution in [2.24, 2.45) is 5.92 Å².